The van der Waals surface area contributed by atoms with Crippen LogP contribution in [-0.4, -0.2) is 30.6 Å². The number of anilines is 1. The lowest BCUT2D eigenvalue weighted by Crippen LogP contribution is -2.22. The molecule has 2 aliphatic rings. The molecule has 3 aromatic heterocycles. The molecule has 5 rings (SSSR count). The van der Waals surface area contributed by atoms with Gasteiger partial charge in [0.2, 0.25) is 5.95 Å². The van der Waals surface area contributed by atoms with Gasteiger partial charge in [-0.1, -0.05) is 6.08 Å². The van der Waals surface area contributed by atoms with Crippen molar-refractivity contribution in [2.45, 2.75) is 38.3 Å². The maximum atomic E-state index is 5.78. The van der Waals surface area contributed by atoms with Crippen molar-refractivity contribution >= 4 is 17.2 Å². The van der Waals surface area contributed by atoms with Crippen LogP contribution in [0.3, 0.4) is 0 Å². The van der Waals surface area contributed by atoms with Crippen molar-refractivity contribution < 1.29 is 0 Å². The lowest BCUT2D eigenvalue weighted by Gasteiger charge is -2.10. The first kappa shape index (κ1) is 14.5. The summed E-state index contributed by atoms with van der Waals surface area (Å²) < 4.78 is 1.86. The number of hydrogen-bond acceptors (Lipinski definition) is 6. The molecule has 7 nitrogen and oxygen atoms in total. The van der Waals surface area contributed by atoms with Crippen LogP contribution in [0.15, 0.2) is 30.7 Å². The lowest BCUT2D eigenvalue weighted by atomic mass is 10.0. The molecule has 1 atom stereocenters. The molecule has 3 aromatic rings. The maximum absolute atomic E-state index is 5.78. The summed E-state index contributed by atoms with van der Waals surface area (Å²) in [6.45, 7) is 2.78. The Kier molecular flexibility index (Phi) is 3.11. The van der Waals surface area contributed by atoms with Crippen LogP contribution >= 0.6 is 0 Å². The molecule has 0 amide bonds. The predicted octanol–water partition coefficient (Wildman–Crippen LogP) is 1.90. The van der Waals surface area contributed by atoms with E-state index in [1.54, 1.807) is 6.20 Å². The molecule has 0 aromatic carbocycles. The Hall–Kier alpha value is -2.80. The van der Waals surface area contributed by atoms with Gasteiger partial charge in [0.05, 0.1) is 17.6 Å². The zero-order valence-corrected chi connectivity index (χ0v) is 14.0. The second-order valence-electron chi connectivity index (χ2n) is 6.79. The Balaban J connectivity index is 1.68. The average molecular weight is 333 g/mol. The monoisotopic (exact) mass is 333 g/mol. The number of nitrogens with two attached hydrogens (primary N) is 1. The van der Waals surface area contributed by atoms with Gasteiger partial charge in [0, 0.05) is 41.7 Å². The summed E-state index contributed by atoms with van der Waals surface area (Å²) >= 11 is 0. The van der Waals surface area contributed by atoms with Crippen LogP contribution in [0.5, 0.6) is 0 Å². The van der Waals surface area contributed by atoms with E-state index in [1.165, 1.54) is 18.4 Å². The van der Waals surface area contributed by atoms with E-state index in [2.05, 4.69) is 33.4 Å². The second-order valence-corrected chi connectivity index (χ2v) is 6.79. The van der Waals surface area contributed by atoms with Crippen LogP contribution in [0.1, 0.15) is 48.2 Å². The molecule has 0 bridgehead atoms. The van der Waals surface area contributed by atoms with Crippen molar-refractivity contribution in [2.75, 3.05) is 5.73 Å². The van der Waals surface area contributed by atoms with Gasteiger partial charge in [0.1, 0.15) is 0 Å². The SMILES string of the molecule is C[C@@H]1C=C(c2ccn3ncc(C4CC4)c3n2)c2cnc(N)nc2CN1. The van der Waals surface area contributed by atoms with Gasteiger partial charge in [-0.2, -0.15) is 5.10 Å². The molecule has 0 unspecified atom stereocenters. The quantitative estimate of drug-likeness (QED) is 0.744. The highest BCUT2D eigenvalue weighted by molar-refractivity contribution is 5.80. The number of aromatic nitrogens is 5. The van der Waals surface area contributed by atoms with E-state index in [9.17, 15) is 0 Å². The summed E-state index contributed by atoms with van der Waals surface area (Å²) in [6, 6.07) is 2.21. The summed E-state index contributed by atoms with van der Waals surface area (Å²) in [5.41, 5.74) is 11.8. The Morgan fingerprint density at radius 3 is 2.96 bits per heavy atom. The molecule has 126 valence electrons. The van der Waals surface area contributed by atoms with Crippen LogP contribution in [0, 0.1) is 0 Å². The number of nitrogens with one attached hydrogen (secondary N) is 1. The summed E-state index contributed by atoms with van der Waals surface area (Å²) in [4.78, 5) is 13.5. The summed E-state index contributed by atoms with van der Waals surface area (Å²) in [6.07, 6.45) is 10.4. The molecular formula is C18H19N7. The summed E-state index contributed by atoms with van der Waals surface area (Å²) in [7, 11) is 0. The molecule has 1 saturated carbocycles. The predicted molar refractivity (Wildman–Crippen MR) is 94.8 cm³/mol. The van der Waals surface area contributed by atoms with Crippen molar-refractivity contribution in [3.63, 3.8) is 0 Å². The third kappa shape index (κ3) is 2.47. The van der Waals surface area contributed by atoms with Gasteiger partial charge in [0.25, 0.3) is 0 Å². The second kappa shape index (κ2) is 5.35. The van der Waals surface area contributed by atoms with Crippen LogP contribution < -0.4 is 11.1 Å². The van der Waals surface area contributed by atoms with E-state index in [-0.39, 0.29) is 6.04 Å². The van der Waals surface area contributed by atoms with Gasteiger partial charge in [-0.3, -0.25) is 0 Å². The zero-order valence-electron chi connectivity index (χ0n) is 14.0. The average Bonchev–Trinajstić information content (AvgIpc) is 3.39. The van der Waals surface area contributed by atoms with E-state index in [0.717, 1.165) is 28.2 Å². The largest absolute Gasteiger partial charge is 0.368 e. The highest BCUT2D eigenvalue weighted by atomic mass is 15.2. The smallest absolute Gasteiger partial charge is 0.220 e. The molecule has 0 radical (unpaired) electrons. The Morgan fingerprint density at radius 1 is 1.24 bits per heavy atom. The van der Waals surface area contributed by atoms with Gasteiger partial charge >= 0.3 is 0 Å². The van der Waals surface area contributed by atoms with Crippen LogP contribution in [0.2, 0.25) is 0 Å². The van der Waals surface area contributed by atoms with E-state index >= 15 is 0 Å². The Bertz CT molecular complexity index is 1000. The first-order valence-corrected chi connectivity index (χ1v) is 8.60. The number of nitrogens with zero attached hydrogens (tertiary/aromatic N) is 5. The van der Waals surface area contributed by atoms with E-state index in [1.807, 2.05) is 23.0 Å². The minimum absolute atomic E-state index is 0.205. The molecule has 0 spiro atoms. The van der Waals surface area contributed by atoms with E-state index < -0.39 is 0 Å². The fraction of sp³-hybridized carbons (Fsp3) is 0.333. The van der Waals surface area contributed by atoms with Crippen molar-refractivity contribution in [3.8, 4) is 0 Å². The highest BCUT2D eigenvalue weighted by Crippen LogP contribution is 2.41. The fourth-order valence-corrected chi connectivity index (χ4v) is 3.39. The van der Waals surface area contributed by atoms with Crippen molar-refractivity contribution in [2.24, 2.45) is 0 Å². The molecule has 3 N–H and O–H groups in total. The van der Waals surface area contributed by atoms with Crippen LogP contribution in [0.25, 0.3) is 11.2 Å². The number of nitrogen functional groups attached to an aromatic ring is 1. The summed E-state index contributed by atoms with van der Waals surface area (Å²) in [5.74, 6) is 0.907. The third-order valence-electron chi connectivity index (χ3n) is 4.87. The first-order chi connectivity index (χ1) is 12.2. The minimum Gasteiger partial charge on any atom is -0.368 e. The van der Waals surface area contributed by atoms with Gasteiger partial charge in [0.15, 0.2) is 5.65 Å². The Labute approximate surface area is 145 Å². The zero-order chi connectivity index (χ0) is 17.0. The van der Waals surface area contributed by atoms with Crippen molar-refractivity contribution in [1.82, 2.24) is 29.9 Å². The van der Waals surface area contributed by atoms with Crippen LogP contribution in [-0.2, 0) is 6.54 Å². The fourth-order valence-electron chi connectivity index (χ4n) is 3.39. The standard InChI is InChI=1S/C18H19N7/c1-10-6-12(14-7-21-18(19)24-16(14)9-20-10)15-4-5-25-17(23-15)13(8-22-25)11-2-3-11/h4-8,10-11,20H,2-3,9H2,1H3,(H2,19,21,24)/t10-/m1/s1. The molecule has 4 heterocycles. The molecule has 1 aliphatic heterocycles. The van der Waals surface area contributed by atoms with Gasteiger partial charge in [-0.15, -0.1) is 0 Å². The van der Waals surface area contributed by atoms with Gasteiger partial charge in [-0.25, -0.2) is 19.5 Å². The molecule has 7 heteroatoms. The summed E-state index contributed by atoms with van der Waals surface area (Å²) in [5, 5.41) is 7.87. The lowest BCUT2D eigenvalue weighted by molar-refractivity contribution is 0.629. The highest BCUT2D eigenvalue weighted by Gasteiger charge is 2.28. The number of fused-ring (bicyclic) bond motifs is 2. The maximum Gasteiger partial charge on any atom is 0.220 e. The van der Waals surface area contributed by atoms with E-state index in [4.69, 9.17) is 10.7 Å². The first-order valence-electron chi connectivity index (χ1n) is 8.60. The molecule has 1 aliphatic carbocycles. The van der Waals surface area contributed by atoms with Crippen LogP contribution in [0.4, 0.5) is 5.95 Å². The number of rotatable bonds is 2. The van der Waals surface area contributed by atoms with Crippen molar-refractivity contribution in [3.05, 3.63) is 53.2 Å². The third-order valence-corrected chi connectivity index (χ3v) is 4.87. The normalized spacial score (nSPS) is 20.2. The molecular weight excluding hydrogens is 314 g/mol. The van der Waals surface area contributed by atoms with Crippen molar-refractivity contribution in [1.29, 1.82) is 0 Å². The van der Waals surface area contributed by atoms with Gasteiger partial charge < -0.3 is 11.1 Å². The Morgan fingerprint density at radius 2 is 2.12 bits per heavy atom. The topological polar surface area (TPSA) is 94.0 Å². The molecule has 25 heavy (non-hydrogen) atoms. The van der Waals surface area contributed by atoms with Gasteiger partial charge in [-0.05, 0) is 31.7 Å². The number of hydrogen-bond donors (Lipinski definition) is 2. The van der Waals surface area contributed by atoms with E-state index in [0.29, 0.717) is 18.4 Å². The minimum atomic E-state index is 0.205. The molecule has 0 saturated heterocycles. The molecule has 1 fully saturated rings.